The lowest BCUT2D eigenvalue weighted by atomic mass is 10.00. The van der Waals surface area contributed by atoms with Gasteiger partial charge in [0, 0.05) is 7.11 Å². The van der Waals surface area contributed by atoms with Crippen molar-refractivity contribution in [3.8, 4) is 0 Å². The third-order valence-corrected chi connectivity index (χ3v) is 1.86. The molecule has 0 aliphatic heterocycles. The van der Waals surface area contributed by atoms with Crippen molar-refractivity contribution < 1.29 is 4.74 Å². The van der Waals surface area contributed by atoms with Gasteiger partial charge in [-0.2, -0.15) is 0 Å². The first kappa shape index (κ1) is 7.55. The smallest absolute Gasteiger partial charge is 0.0678 e. The van der Waals surface area contributed by atoms with Crippen LogP contribution in [0.3, 0.4) is 0 Å². The summed E-state index contributed by atoms with van der Waals surface area (Å²) in [5.41, 5.74) is 2.83. The molecule has 1 heteroatoms. The van der Waals surface area contributed by atoms with Crippen molar-refractivity contribution in [2.24, 2.45) is 0 Å². The largest absolute Gasteiger partial charge is 0.380 e. The fraction of sp³-hybridized carbons (Fsp3) is 0.556. The van der Waals surface area contributed by atoms with E-state index in [0.29, 0.717) is 0 Å². The van der Waals surface area contributed by atoms with Gasteiger partial charge in [0.1, 0.15) is 0 Å². The van der Waals surface area contributed by atoms with Gasteiger partial charge in [-0.25, -0.2) is 0 Å². The zero-order valence-electron chi connectivity index (χ0n) is 6.68. The summed E-state index contributed by atoms with van der Waals surface area (Å²) in [6, 6.07) is 0. The topological polar surface area (TPSA) is 9.23 Å². The molecule has 0 saturated heterocycles. The van der Waals surface area contributed by atoms with Crippen molar-refractivity contribution in [2.75, 3.05) is 13.7 Å². The maximum atomic E-state index is 5.06. The van der Waals surface area contributed by atoms with E-state index in [9.17, 15) is 0 Å². The second kappa shape index (κ2) is 3.57. The van der Waals surface area contributed by atoms with Crippen LogP contribution in [0.15, 0.2) is 23.3 Å². The van der Waals surface area contributed by atoms with E-state index in [1.54, 1.807) is 7.11 Å². The molecule has 0 aromatic rings. The lowest BCUT2D eigenvalue weighted by Gasteiger charge is -2.11. The van der Waals surface area contributed by atoms with Gasteiger partial charge < -0.3 is 4.74 Å². The minimum atomic E-state index is 0.802. The van der Waals surface area contributed by atoms with Crippen molar-refractivity contribution in [1.29, 1.82) is 0 Å². The monoisotopic (exact) mass is 138 g/mol. The highest BCUT2D eigenvalue weighted by Crippen LogP contribution is 2.17. The zero-order chi connectivity index (χ0) is 7.40. The van der Waals surface area contributed by atoms with Gasteiger partial charge in [0.15, 0.2) is 0 Å². The Kier molecular flexibility index (Phi) is 2.69. The van der Waals surface area contributed by atoms with Crippen LogP contribution in [0.1, 0.15) is 19.8 Å². The van der Waals surface area contributed by atoms with Crippen LogP contribution in [-0.2, 0) is 4.74 Å². The Morgan fingerprint density at radius 3 is 3.00 bits per heavy atom. The van der Waals surface area contributed by atoms with E-state index >= 15 is 0 Å². The van der Waals surface area contributed by atoms with Crippen LogP contribution in [-0.4, -0.2) is 13.7 Å². The van der Waals surface area contributed by atoms with Crippen LogP contribution < -0.4 is 0 Å². The molecule has 0 atom stereocenters. The molecule has 0 fully saturated rings. The Labute approximate surface area is 62.4 Å². The van der Waals surface area contributed by atoms with Crippen molar-refractivity contribution in [2.45, 2.75) is 19.8 Å². The summed E-state index contributed by atoms with van der Waals surface area (Å²) in [5.74, 6) is 0. The molecule has 10 heavy (non-hydrogen) atoms. The predicted octanol–water partition coefficient (Wildman–Crippen LogP) is 2.30. The Bertz CT molecular complexity index is 166. The summed E-state index contributed by atoms with van der Waals surface area (Å²) in [7, 11) is 1.75. The lowest BCUT2D eigenvalue weighted by molar-refractivity contribution is 0.222. The average Bonchev–Trinajstić information content (AvgIpc) is 1.94. The number of hydrogen-bond donors (Lipinski definition) is 0. The summed E-state index contributed by atoms with van der Waals surface area (Å²) < 4.78 is 5.06. The molecular weight excluding hydrogens is 124 g/mol. The molecule has 0 unspecified atom stereocenters. The number of allylic oxidation sites excluding steroid dienone is 3. The standard InChI is InChI=1S/C9H14O/c1-8-5-3-4-6-9(8)7-10-2/h3,5H,4,6-7H2,1-2H3. The molecule has 0 aromatic carbocycles. The summed E-state index contributed by atoms with van der Waals surface area (Å²) in [4.78, 5) is 0. The molecule has 56 valence electrons. The first-order valence-electron chi connectivity index (χ1n) is 3.68. The van der Waals surface area contributed by atoms with Crippen LogP contribution >= 0.6 is 0 Å². The Morgan fingerprint density at radius 1 is 1.60 bits per heavy atom. The van der Waals surface area contributed by atoms with E-state index in [-0.39, 0.29) is 0 Å². The fourth-order valence-electron chi connectivity index (χ4n) is 1.19. The van der Waals surface area contributed by atoms with Crippen LogP contribution in [0.2, 0.25) is 0 Å². The molecule has 0 N–H and O–H groups in total. The van der Waals surface area contributed by atoms with Gasteiger partial charge in [0.2, 0.25) is 0 Å². The first-order chi connectivity index (χ1) is 4.84. The minimum Gasteiger partial charge on any atom is -0.380 e. The van der Waals surface area contributed by atoms with Crippen LogP contribution in [0.4, 0.5) is 0 Å². The first-order valence-corrected chi connectivity index (χ1v) is 3.68. The molecule has 1 nitrogen and oxygen atoms in total. The molecular formula is C9H14O. The Morgan fingerprint density at radius 2 is 2.40 bits per heavy atom. The van der Waals surface area contributed by atoms with E-state index in [4.69, 9.17) is 4.74 Å². The lowest BCUT2D eigenvalue weighted by Crippen LogP contribution is -1.99. The average molecular weight is 138 g/mol. The van der Waals surface area contributed by atoms with Crippen LogP contribution in [0, 0.1) is 0 Å². The van der Waals surface area contributed by atoms with Gasteiger partial charge in [-0.3, -0.25) is 0 Å². The van der Waals surface area contributed by atoms with E-state index in [2.05, 4.69) is 19.1 Å². The van der Waals surface area contributed by atoms with Gasteiger partial charge in [-0.05, 0) is 30.9 Å². The van der Waals surface area contributed by atoms with Crippen molar-refractivity contribution in [3.05, 3.63) is 23.3 Å². The number of rotatable bonds is 2. The van der Waals surface area contributed by atoms with Crippen molar-refractivity contribution >= 4 is 0 Å². The third kappa shape index (κ3) is 1.71. The molecule has 0 saturated carbocycles. The number of methoxy groups -OCH3 is 1. The molecule has 0 spiro atoms. The molecule has 0 heterocycles. The SMILES string of the molecule is COCC1=C(C)C=CCC1. The molecule has 0 amide bonds. The number of hydrogen-bond acceptors (Lipinski definition) is 1. The molecule has 1 aliphatic carbocycles. The van der Waals surface area contributed by atoms with E-state index in [1.807, 2.05) is 0 Å². The highest BCUT2D eigenvalue weighted by Gasteiger charge is 2.02. The molecule has 0 aromatic heterocycles. The van der Waals surface area contributed by atoms with Gasteiger partial charge in [-0.1, -0.05) is 12.2 Å². The third-order valence-electron chi connectivity index (χ3n) is 1.86. The molecule has 0 radical (unpaired) electrons. The van der Waals surface area contributed by atoms with Crippen LogP contribution in [0.25, 0.3) is 0 Å². The zero-order valence-corrected chi connectivity index (χ0v) is 6.68. The second-order valence-electron chi connectivity index (χ2n) is 2.66. The second-order valence-corrected chi connectivity index (χ2v) is 2.66. The summed E-state index contributed by atoms with van der Waals surface area (Å²) in [6.07, 6.45) is 6.75. The summed E-state index contributed by atoms with van der Waals surface area (Å²) in [6.45, 7) is 2.94. The normalized spacial score (nSPS) is 18.2. The van der Waals surface area contributed by atoms with E-state index < -0.39 is 0 Å². The van der Waals surface area contributed by atoms with Crippen molar-refractivity contribution in [1.82, 2.24) is 0 Å². The number of ether oxygens (including phenoxy) is 1. The van der Waals surface area contributed by atoms with Crippen molar-refractivity contribution in [3.63, 3.8) is 0 Å². The molecule has 1 aliphatic rings. The highest BCUT2D eigenvalue weighted by molar-refractivity contribution is 5.27. The van der Waals surface area contributed by atoms with Gasteiger partial charge in [0.25, 0.3) is 0 Å². The maximum absolute atomic E-state index is 5.06. The summed E-state index contributed by atoms with van der Waals surface area (Å²) in [5, 5.41) is 0. The fourth-order valence-corrected chi connectivity index (χ4v) is 1.19. The summed E-state index contributed by atoms with van der Waals surface area (Å²) >= 11 is 0. The minimum absolute atomic E-state index is 0.802. The van der Waals surface area contributed by atoms with Crippen LogP contribution in [0.5, 0.6) is 0 Å². The Hall–Kier alpha value is -0.560. The van der Waals surface area contributed by atoms with Gasteiger partial charge in [-0.15, -0.1) is 0 Å². The molecule has 1 rings (SSSR count). The highest BCUT2D eigenvalue weighted by atomic mass is 16.5. The predicted molar refractivity (Wildman–Crippen MR) is 43.0 cm³/mol. The molecule has 0 bridgehead atoms. The van der Waals surface area contributed by atoms with Gasteiger partial charge >= 0.3 is 0 Å². The van der Waals surface area contributed by atoms with Gasteiger partial charge in [0.05, 0.1) is 6.61 Å². The van der Waals surface area contributed by atoms with E-state index in [1.165, 1.54) is 24.0 Å². The Balaban J connectivity index is 2.60. The maximum Gasteiger partial charge on any atom is 0.0678 e. The van der Waals surface area contributed by atoms with E-state index in [0.717, 1.165) is 6.61 Å². The quantitative estimate of drug-likeness (QED) is 0.569.